The van der Waals surface area contributed by atoms with Crippen LogP contribution in [0.15, 0.2) is 17.1 Å². The summed E-state index contributed by atoms with van der Waals surface area (Å²) >= 11 is 1.38. The largest absolute Gasteiger partial charge is 0.504 e. The zero-order chi connectivity index (χ0) is 21.8. The molecule has 0 atom stereocenters. The lowest BCUT2D eigenvalue weighted by molar-refractivity contribution is -0.385. The molecule has 0 spiro atoms. The number of rotatable bonds is 7. The monoisotopic (exact) mass is 433 g/mol. The number of fused-ring (bicyclic) bond motifs is 1. The van der Waals surface area contributed by atoms with Crippen molar-refractivity contribution < 1.29 is 24.3 Å². The number of nitro groups is 1. The van der Waals surface area contributed by atoms with Crippen molar-refractivity contribution in [3.63, 3.8) is 0 Å². The Hall–Kier alpha value is -2.98. The predicted molar refractivity (Wildman–Crippen MR) is 113 cm³/mol. The number of thiophene rings is 1. The summed E-state index contributed by atoms with van der Waals surface area (Å²) in [7, 11) is 2.01. The lowest BCUT2D eigenvalue weighted by Crippen LogP contribution is -2.26. The normalized spacial score (nSPS) is 14.0. The van der Waals surface area contributed by atoms with Crippen molar-refractivity contribution in [2.24, 2.45) is 4.99 Å². The molecule has 0 aliphatic carbocycles. The van der Waals surface area contributed by atoms with E-state index in [9.17, 15) is 20.0 Å². The minimum absolute atomic E-state index is 0.00543. The Morgan fingerprint density at radius 1 is 1.40 bits per heavy atom. The van der Waals surface area contributed by atoms with E-state index in [1.165, 1.54) is 29.7 Å². The topological polar surface area (TPSA) is 114 Å². The van der Waals surface area contributed by atoms with Crippen molar-refractivity contribution in [1.29, 1.82) is 0 Å². The average Bonchev–Trinajstić information content (AvgIpc) is 3.06. The van der Waals surface area contributed by atoms with E-state index < -0.39 is 10.9 Å². The summed E-state index contributed by atoms with van der Waals surface area (Å²) in [4.78, 5) is 30.8. The number of ether oxygens (including phenoxy) is 2. The van der Waals surface area contributed by atoms with Gasteiger partial charge in [0.05, 0.1) is 29.8 Å². The van der Waals surface area contributed by atoms with Crippen LogP contribution in [0.2, 0.25) is 0 Å². The Kier molecular flexibility index (Phi) is 6.68. The van der Waals surface area contributed by atoms with Gasteiger partial charge in [-0.25, -0.2) is 9.79 Å². The molecule has 30 heavy (non-hydrogen) atoms. The van der Waals surface area contributed by atoms with E-state index in [0.29, 0.717) is 23.5 Å². The average molecular weight is 433 g/mol. The van der Waals surface area contributed by atoms with E-state index in [0.717, 1.165) is 17.0 Å². The number of benzene rings is 1. The number of likely N-dealkylation sites (N-methyl/N-ethyl adjacent to an activating group) is 1. The summed E-state index contributed by atoms with van der Waals surface area (Å²) < 4.78 is 10.5. The second kappa shape index (κ2) is 9.23. The molecule has 1 aromatic carbocycles. The first-order chi connectivity index (χ1) is 14.3. The SMILES string of the molecule is CCOC(=O)c1c(/N=C/c2cc([N+](=O)[O-])cc(OCC)c2O)sc2c1CCN(C)C2. The number of phenolic OH excluding ortho intramolecular Hbond substituents is 1. The van der Waals surface area contributed by atoms with E-state index in [2.05, 4.69) is 9.89 Å². The molecule has 0 saturated carbocycles. The van der Waals surface area contributed by atoms with E-state index in [-0.39, 0.29) is 36.0 Å². The molecule has 10 heteroatoms. The van der Waals surface area contributed by atoms with Crippen molar-refractivity contribution in [3.8, 4) is 11.5 Å². The summed E-state index contributed by atoms with van der Waals surface area (Å²) in [6.45, 7) is 5.47. The van der Waals surface area contributed by atoms with Gasteiger partial charge in [0.15, 0.2) is 11.5 Å². The Morgan fingerprint density at radius 2 is 2.17 bits per heavy atom. The third kappa shape index (κ3) is 4.44. The summed E-state index contributed by atoms with van der Waals surface area (Å²) in [5.74, 6) is -0.680. The van der Waals surface area contributed by atoms with Gasteiger partial charge in [0, 0.05) is 35.8 Å². The first-order valence-corrected chi connectivity index (χ1v) is 10.4. The molecule has 0 radical (unpaired) electrons. The highest BCUT2D eigenvalue weighted by atomic mass is 32.1. The Labute approximate surface area is 177 Å². The number of carbonyl (C=O) groups is 1. The zero-order valence-corrected chi connectivity index (χ0v) is 17.8. The van der Waals surface area contributed by atoms with Crippen molar-refractivity contribution >= 4 is 34.2 Å². The summed E-state index contributed by atoms with van der Waals surface area (Å²) in [6.07, 6.45) is 2.02. The Balaban J connectivity index is 2.06. The minimum atomic E-state index is -0.566. The van der Waals surface area contributed by atoms with E-state index in [4.69, 9.17) is 9.47 Å². The molecule has 0 saturated heterocycles. The first-order valence-electron chi connectivity index (χ1n) is 9.54. The highest BCUT2D eigenvalue weighted by Gasteiger charge is 2.27. The molecule has 2 aromatic rings. The number of nitro benzene ring substituents is 1. The molecular weight excluding hydrogens is 410 g/mol. The van der Waals surface area contributed by atoms with Gasteiger partial charge < -0.3 is 19.5 Å². The van der Waals surface area contributed by atoms with Crippen LogP contribution in [0.4, 0.5) is 10.7 Å². The van der Waals surface area contributed by atoms with E-state index in [1.807, 2.05) is 7.05 Å². The number of aromatic hydroxyl groups is 1. The fourth-order valence-corrected chi connectivity index (χ4v) is 4.49. The molecule has 1 N–H and O–H groups in total. The van der Waals surface area contributed by atoms with Gasteiger partial charge >= 0.3 is 5.97 Å². The van der Waals surface area contributed by atoms with Gasteiger partial charge in [0.1, 0.15) is 5.00 Å². The van der Waals surface area contributed by atoms with Crippen LogP contribution in [-0.2, 0) is 17.7 Å². The van der Waals surface area contributed by atoms with Gasteiger partial charge in [0.25, 0.3) is 5.69 Å². The van der Waals surface area contributed by atoms with Crippen LogP contribution in [-0.4, -0.2) is 53.9 Å². The van der Waals surface area contributed by atoms with Crippen LogP contribution < -0.4 is 4.74 Å². The number of nitrogens with zero attached hydrogens (tertiary/aromatic N) is 3. The number of hydrogen-bond acceptors (Lipinski definition) is 9. The van der Waals surface area contributed by atoms with Gasteiger partial charge in [-0.3, -0.25) is 10.1 Å². The van der Waals surface area contributed by atoms with Gasteiger partial charge in [-0.15, -0.1) is 11.3 Å². The second-order valence-electron chi connectivity index (χ2n) is 6.72. The molecule has 1 aliphatic rings. The van der Waals surface area contributed by atoms with Crippen molar-refractivity contribution in [2.75, 3.05) is 26.8 Å². The number of phenols is 1. The molecule has 0 fully saturated rings. The first kappa shape index (κ1) is 21.7. The molecule has 160 valence electrons. The molecule has 2 heterocycles. The van der Waals surface area contributed by atoms with Gasteiger partial charge in [-0.1, -0.05) is 0 Å². The smallest absolute Gasteiger partial charge is 0.341 e. The van der Waals surface area contributed by atoms with Crippen LogP contribution in [0.1, 0.15) is 40.2 Å². The van der Waals surface area contributed by atoms with Gasteiger partial charge in [-0.2, -0.15) is 0 Å². The highest BCUT2D eigenvalue weighted by Crippen LogP contribution is 2.40. The molecule has 9 nitrogen and oxygen atoms in total. The number of esters is 1. The third-order valence-corrected chi connectivity index (χ3v) is 5.75. The van der Waals surface area contributed by atoms with E-state index >= 15 is 0 Å². The molecule has 3 rings (SSSR count). The van der Waals surface area contributed by atoms with Crippen LogP contribution >= 0.6 is 11.3 Å². The van der Waals surface area contributed by atoms with Crippen LogP contribution in [0.25, 0.3) is 0 Å². The quantitative estimate of drug-likeness (QED) is 0.307. The molecule has 0 bridgehead atoms. The van der Waals surface area contributed by atoms with Crippen molar-refractivity contribution in [3.05, 3.63) is 43.8 Å². The minimum Gasteiger partial charge on any atom is -0.504 e. The molecule has 1 aromatic heterocycles. The Bertz CT molecular complexity index is 1000. The summed E-state index contributed by atoms with van der Waals surface area (Å²) in [6, 6.07) is 2.38. The van der Waals surface area contributed by atoms with Crippen LogP contribution in [0.5, 0.6) is 11.5 Å². The number of hydrogen-bond donors (Lipinski definition) is 1. The third-order valence-electron chi connectivity index (χ3n) is 4.63. The van der Waals surface area contributed by atoms with Crippen molar-refractivity contribution in [2.45, 2.75) is 26.8 Å². The Morgan fingerprint density at radius 3 is 2.83 bits per heavy atom. The lowest BCUT2D eigenvalue weighted by atomic mass is 10.0. The number of non-ortho nitro benzene ring substituents is 1. The summed E-state index contributed by atoms with van der Waals surface area (Å²) in [5, 5.41) is 22.1. The maximum Gasteiger partial charge on any atom is 0.341 e. The van der Waals surface area contributed by atoms with Crippen molar-refractivity contribution in [1.82, 2.24) is 4.90 Å². The molecule has 0 unspecified atom stereocenters. The molecule has 1 aliphatic heterocycles. The predicted octanol–water partition coefficient (Wildman–Crippen LogP) is 3.68. The van der Waals surface area contributed by atoms with Crippen LogP contribution in [0.3, 0.4) is 0 Å². The maximum atomic E-state index is 12.6. The molecule has 0 amide bonds. The number of carbonyl (C=O) groups excluding carboxylic acids is 1. The summed E-state index contributed by atoms with van der Waals surface area (Å²) in [5.41, 5.74) is 1.26. The second-order valence-corrected chi connectivity index (χ2v) is 7.81. The van der Waals surface area contributed by atoms with E-state index in [1.54, 1.807) is 13.8 Å². The fourth-order valence-electron chi connectivity index (χ4n) is 3.23. The fraction of sp³-hybridized carbons (Fsp3) is 0.400. The lowest BCUT2D eigenvalue weighted by Gasteiger charge is -2.22. The van der Waals surface area contributed by atoms with Gasteiger partial charge in [0.2, 0.25) is 0 Å². The zero-order valence-electron chi connectivity index (χ0n) is 17.0. The van der Waals surface area contributed by atoms with Crippen LogP contribution in [0, 0.1) is 10.1 Å². The van der Waals surface area contributed by atoms with Gasteiger partial charge in [-0.05, 0) is 32.9 Å². The maximum absolute atomic E-state index is 12.6. The number of aliphatic imine (C=N–C) groups is 1. The standard InChI is InChI=1S/C20H23N3O6S/c1-4-28-15-9-13(23(26)27)8-12(18(15)24)10-21-19-17(20(25)29-5-2)14-6-7-22(3)11-16(14)30-19/h8-10,24H,4-7,11H2,1-3H3/b21-10+. The highest BCUT2D eigenvalue weighted by molar-refractivity contribution is 7.16. The molecular formula is C20H23N3O6S.